The third-order valence-corrected chi connectivity index (χ3v) is 5.96. The van der Waals surface area contributed by atoms with Gasteiger partial charge in [-0.15, -0.1) is 0 Å². The van der Waals surface area contributed by atoms with Gasteiger partial charge in [-0.3, -0.25) is 4.79 Å². The predicted octanol–water partition coefficient (Wildman–Crippen LogP) is 2.12. The van der Waals surface area contributed by atoms with E-state index >= 15 is 0 Å². The van der Waals surface area contributed by atoms with Crippen LogP contribution in [0.2, 0.25) is 0 Å². The van der Waals surface area contributed by atoms with Crippen molar-refractivity contribution in [1.82, 2.24) is 10.2 Å². The van der Waals surface area contributed by atoms with Gasteiger partial charge in [0.1, 0.15) is 5.54 Å². The molecule has 2 atom stereocenters. The van der Waals surface area contributed by atoms with Gasteiger partial charge < -0.3 is 16.0 Å². The van der Waals surface area contributed by atoms with Gasteiger partial charge in [-0.25, -0.2) is 4.79 Å². The maximum absolute atomic E-state index is 13.1. The summed E-state index contributed by atoms with van der Waals surface area (Å²) in [5.74, 6) is 0.588. The first-order valence-electron chi connectivity index (χ1n) is 8.54. The van der Waals surface area contributed by atoms with Crippen LogP contribution in [0.3, 0.4) is 0 Å². The van der Waals surface area contributed by atoms with E-state index in [2.05, 4.69) is 17.4 Å². The number of urea groups is 1. The number of nitrogens with zero attached hydrogens (tertiary/aromatic N) is 1. The predicted molar refractivity (Wildman–Crippen MR) is 86.5 cm³/mol. The number of likely N-dealkylation sites (tertiary alicyclic amines) is 1. The van der Waals surface area contributed by atoms with E-state index in [0.29, 0.717) is 18.8 Å². The van der Waals surface area contributed by atoms with Gasteiger partial charge in [0.05, 0.1) is 5.54 Å². The van der Waals surface area contributed by atoms with Crippen molar-refractivity contribution >= 4 is 11.9 Å². The number of carbonyl (C=O) groups is 2. The number of nitrogens with one attached hydrogen (secondary N) is 1. The lowest BCUT2D eigenvalue weighted by atomic mass is 9.61. The second-order valence-corrected chi connectivity index (χ2v) is 7.22. The fraction of sp³-hybridized carbons (Fsp3) is 0.556. The zero-order chi connectivity index (χ0) is 16.1. The Hall–Kier alpha value is -2.04. The molecule has 1 aromatic rings. The lowest BCUT2D eigenvalue weighted by Crippen LogP contribution is -2.71. The number of hydrogen-bond acceptors (Lipinski definition) is 2. The van der Waals surface area contributed by atoms with Crippen LogP contribution in [-0.2, 0) is 10.3 Å². The molecule has 0 aromatic heterocycles. The molecular weight excluding hydrogens is 290 g/mol. The van der Waals surface area contributed by atoms with Crippen molar-refractivity contribution in [2.75, 3.05) is 6.54 Å². The SMILES string of the molecule is NC(=O)NC1(C(=O)N2C[C@H]3CCCC[C@@]32c2ccccc2)CC1. The molecule has 0 spiro atoms. The zero-order valence-corrected chi connectivity index (χ0v) is 13.3. The molecule has 4 rings (SSSR count). The van der Waals surface area contributed by atoms with Crippen LogP contribution in [0.1, 0.15) is 44.1 Å². The van der Waals surface area contributed by atoms with Crippen LogP contribution in [0.15, 0.2) is 30.3 Å². The molecule has 1 aromatic carbocycles. The summed E-state index contributed by atoms with van der Waals surface area (Å²) in [6.07, 6.45) is 5.97. The van der Waals surface area contributed by atoms with Crippen LogP contribution in [0.5, 0.6) is 0 Å². The second-order valence-electron chi connectivity index (χ2n) is 7.22. The number of hydrogen-bond donors (Lipinski definition) is 2. The van der Waals surface area contributed by atoms with Crippen molar-refractivity contribution in [1.29, 1.82) is 0 Å². The Morgan fingerprint density at radius 3 is 2.48 bits per heavy atom. The first-order valence-corrected chi connectivity index (χ1v) is 8.54. The maximum Gasteiger partial charge on any atom is 0.313 e. The molecule has 0 bridgehead atoms. The Balaban J connectivity index is 1.67. The molecule has 2 saturated carbocycles. The van der Waals surface area contributed by atoms with Crippen LogP contribution in [0.25, 0.3) is 0 Å². The fourth-order valence-electron chi connectivity index (χ4n) is 4.63. The lowest BCUT2D eigenvalue weighted by molar-refractivity contribution is -0.170. The van der Waals surface area contributed by atoms with Gasteiger partial charge in [0, 0.05) is 12.5 Å². The molecule has 5 nitrogen and oxygen atoms in total. The van der Waals surface area contributed by atoms with E-state index < -0.39 is 11.6 Å². The first-order chi connectivity index (χ1) is 11.1. The van der Waals surface area contributed by atoms with E-state index in [4.69, 9.17) is 5.73 Å². The maximum atomic E-state index is 13.1. The third-order valence-electron chi connectivity index (χ3n) is 5.96. The topological polar surface area (TPSA) is 75.4 Å². The molecule has 5 heteroatoms. The fourth-order valence-corrected chi connectivity index (χ4v) is 4.63. The molecule has 1 heterocycles. The molecule has 2 aliphatic carbocycles. The number of fused-ring (bicyclic) bond motifs is 1. The molecule has 122 valence electrons. The molecule has 1 aliphatic heterocycles. The summed E-state index contributed by atoms with van der Waals surface area (Å²) in [7, 11) is 0. The Morgan fingerprint density at radius 2 is 1.87 bits per heavy atom. The minimum atomic E-state index is -0.740. The van der Waals surface area contributed by atoms with E-state index in [0.717, 1.165) is 19.4 Å². The van der Waals surface area contributed by atoms with Gasteiger partial charge in [0.25, 0.3) is 0 Å². The highest BCUT2D eigenvalue weighted by molar-refractivity contribution is 5.94. The first kappa shape index (κ1) is 14.5. The highest BCUT2D eigenvalue weighted by Gasteiger charge is 2.63. The highest BCUT2D eigenvalue weighted by Crippen LogP contribution is 2.55. The highest BCUT2D eigenvalue weighted by atomic mass is 16.2. The zero-order valence-electron chi connectivity index (χ0n) is 13.3. The summed E-state index contributed by atoms with van der Waals surface area (Å²) in [5, 5.41) is 2.69. The van der Waals surface area contributed by atoms with Crippen LogP contribution >= 0.6 is 0 Å². The van der Waals surface area contributed by atoms with Crippen molar-refractivity contribution in [2.45, 2.75) is 49.6 Å². The van der Waals surface area contributed by atoms with E-state index in [-0.39, 0.29) is 11.4 Å². The monoisotopic (exact) mass is 313 g/mol. The van der Waals surface area contributed by atoms with Gasteiger partial charge in [-0.2, -0.15) is 0 Å². The Kier molecular flexibility index (Phi) is 3.15. The Bertz CT molecular complexity index is 641. The van der Waals surface area contributed by atoms with Crippen molar-refractivity contribution in [2.24, 2.45) is 11.7 Å². The summed E-state index contributed by atoms with van der Waals surface area (Å²) in [6, 6.07) is 9.78. The second kappa shape index (κ2) is 4.98. The minimum absolute atomic E-state index is 0.0540. The number of benzene rings is 1. The minimum Gasteiger partial charge on any atom is -0.352 e. The van der Waals surface area contributed by atoms with Crippen LogP contribution in [-0.4, -0.2) is 28.9 Å². The van der Waals surface area contributed by atoms with Crippen molar-refractivity contribution < 1.29 is 9.59 Å². The van der Waals surface area contributed by atoms with Crippen LogP contribution < -0.4 is 11.1 Å². The molecule has 3 aliphatic rings. The smallest absolute Gasteiger partial charge is 0.313 e. The Morgan fingerprint density at radius 1 is 1.13 bits per heavy atom. The molecule has 3 fully saturated rings. The average Bonchev–Trinajstić information content (AvgIpc) is 3.29. The average molecular weight is 313 g/mol. The van der Waals surface area contributed by atoms with Gasteiger partial charge in [-0.05, 0) is 31.2 Å². The normalized spacial score (nSPS) is 30.8. The summed E-state index contributed by atoms with van der Waals surface area (Å²) in [5.41, 5.74) is 5.59. The molecule has 3 N–H and O–H groups in total. The standard InChI is InChI=1S/C18H23N3O2/c19-16(23)20-17(10-11-17)15(22)21-12-14-8-4-5-9-18(14,21)13-6-2-1-3-7-13/h1-3,6-7,14H,4-5,8-12H2,(H3,19,20,23)/t14-,18-/m1/s1. The van der Waals surface area contributed by atoms with E-state index in [1.165, 1.54) is 18.4 Å². The summed E-state index contributed by atoms with van der Waals surface area (Å²) >= 11 is 0. The molecule has 3 amide bonds. The lowest BCUT2D eigenvalue weighted by Gasteiger charge is -2.62. The third kappa shape index (κ3) is 2.06. The molecule has 1 saturated heterocycles. The number of amides is 3. The quantitative estimate of drug-likeness (QED) is 0.897. The molecule has 0 unspecified atom stereocenters. The van der Waals surface area contributed by atoms with Crippen molar-refractivity contribution in [3.8, 4) is 0 Å². The summed E-state index contributed by atoms with van der Waals surface area (Å²) in [4.78, 5) is 26.4. The van der Waals surface area contributed by atoms with Gasteiger partial charge >= 0.3 is 6.03 Å². The van der Waals surface area contributed by atoms with E-state index in [9.17, 15) is 9.59 Å². The number of nitrogens with two attached hydrogens (primary N) is 1. The summed E-state index contributed by atoms with van der Waals surface area (Å²) in [6.45, 7) is 0.802. The van der Waals surface area contributed by atoms with E-state index in [1.54, 1.807) is 0 Å². The molecular formula is C18H23N3O2. The van der Waals surface area contributed by atoms with Gasteiger partial charge in [0.15, 0.2) is 0 Å². The van der Waals surface area contributed by atoms with E-state index in [1.807, 2.05) is 23.1 Å². The largest absolute Gasteiger partial charge is 0.352 e. The summed E-state index contributed by atoms with van der Waals surface area (Å²) < 4.78 is 0. The van der Waals surface area contributed by atoms with Crippen LogP contribution in [0.4, 0.5) is 4.79 Å². The number of primary amides is 1. The van der Waals surface area contributed by atoms with Crippen molar-refractivity contribution in [3.63, 3.8) is 0 Å². The molecule has 23 heavy (non-hydrogen) atoms. The Labute approximate surface area is 136 Å². The number of rotatable bonds is 3. The molecule has 0 radical (unpaired) electrons. The van der Waals surface area contributed by atoms with Gasteiger partial charge in [0.2, 0.25) is 5.91 Å². The van der Waals surface area contributed by atoms with Crippen molar-refractivity contribution in [3.05, 3.63) is 35.9 Å². The number of carbonyl (C=O) groups excluding carboxylic acids is 2. The van der Waals surface area contributed by atoms with Crippen LogP contribution in [0, 0.1) is 5.92 Å². The van der Waals surface area contributed by atoms with Gasteiger partial charge in [-0.1, -0.05) is 43.2 Å².